The Morgan fingerprint density at radius 3 is 2.61 bits per heavy atom. The summed E-state index contributed by atoms with van der Waals surface area (Å²) in [4.78, 5) is 55.2. The van der Waals surface area contributed by atoms with E-state index in [0.717, 1.165) is 69.8 Å². The highest BCUT2D eigenvalue weighted by atomic mass is 16.2. The third kappa shape index (κ3) is 4.52. The van der Waals surface area contributed by atoms with E-state index in [9.17, 15) is 19.2 Å². The lowest BCUT2D eigenvalue weighted by molar-refractivity contribution is -0.138. The molecule has 5 rings (SSSR count). The van der Waals surface area contributed by atoms with Crippen LogP contribution in [0.1, 0.15) is 47.2 Å². The van der Waals surface area contributed by atoms with Crippen LogP contribution < -0.4 is 10.6 Å². The summed E-state index contributed by atoms with van der Waals surface area (Å²) in [5, 5.41) is 5.67. The van der Waals surface area contributed by atoms with E-state index in [1.165, 1.54) is 0 Å². The predicted octanol–water partition coefficient (Wildman–Crippen LogP) is 0.0914. The summed E-state index contributed by atoms with van der Waals surface area (Å²) in [5.74, 6) is -0.405. The van der Waals surface area contributed by atoms with Crippen molar-refractivity contribution in [1.29, 1.82) is 0 Å². The van der Waals surface area contributed by atoms with E-state index in [1.807, 2.05) is 17.0 Å². The van der Waals surface area contributed by atoms with E-state index in [0.29, 0.717) is 18.5 Å². The highest BCUT2D eigenvalue weighted by molar-refractivity contribution is 6.05. The van der Waals surface area contributed by atoms with Gasteiger partial charge in [0.2, 0.25) is 17.7 Å². The zero-order valence-corrected chi connectivity index (χ0v) is 18.8. The highest BCUT2D eigenvalue weighted by Gasteiger charge is 2.39. The molecule has 2 N–H and O–H groups in total. The molecule has 0 radical (unpaired) electrons. The van der Waals surface area contributed by atoms with Crippen LogP contribution >= 0.6 is 0 Å². The second kappa shape index (κ2) is 9.23. The molecule has 4 heterocycles. The fourth-order valence-electron chi connectivity index (χ4n) is 5.43. The van der Waals surface area contributed by atoms with Gasteiger partial charge in [-0.1, -0.05) is 12.1 Å². The maximum atomic E-state index is 12.9. The number of rotatable bonds is 4. The molecule has 4 aliphatic rings. The quantitative estimate of drug-likeness (QED) is 0.627. The molecule has 4 amide bonds. The van der Waals surface area contributed by atoms with Crippen LogP contribution in [0, 0.1) is 5.92 Å². The van der Waals surface area contributed by atoms with E-state index in [4.69, 9.17) is 0 Å². The van der Waals surface area contributed by atoms with Crippen LogP contribution in [-0.4, -0.2) is 83.6 Å². The molecule has 1 aromatic rings. The standard InChI is InChI=1S/C24H31N5O4/c30-21-6-5-20(22(31)26-21)29-15-18-12-16(3-4-19(18)24(29)33)14-27-8-10-28(11-9-27)23(32)17-2-1-7-25-13-17/h3-4,12,17,20,25H,1-2,5-11,13-15H2,(H,26,30,31). The van der Waals surface area contributed by atoms with Crippen LogP contribution in [0.3, 0.4) is 0 Å². The van der Waals surface area contributed by atoms with Crippen LogP contribution in [0.2, 0.25) is 0 Å². The fraction of sp³-hybridized carbons (Fsp3) is 0.583. The molecule has 0 aromatic heterocycles. The summed E-state index contributed by atoms with van der Waals surface area (Å²) in [6.07, 6.45) is 2.68. The molecule has 2 unspecified atom stereocenters. The van der Waals surface area contributed by atoms with Crippen LogP contribution in [0.15, 0.2) is 18.2 Å². The predicted molar refractivity (Wildman–Crippen MR) is 120 cm³/mol. The van der Waals surface area contributed by atoms with Crippen molar-refractivity contribution < 1.29 is 19.2 Å². The Labute approximate surface area is 193 Å². The van der Waals surface area contributed by atoms with Crippen molar-refractivity contribution in [3.05, 3.63) is 34.9 Å². The SMILES string of the molecule is O=C1CCC(N2Cc3cc(CN4CCN(C(=O)C5CCCNC5)CC4)ccc3C2=O)C(=O)N1. The molecule has 1 aromatic carbocycles. The monoisotopic (exact) mass is 453 g/mol. The minimum Gasteiger partial charge on any atom is -0.340 e. The molecule has 2 atom stereocenters. The van der Waals surface area contributed by atoms with Gasteiger partial charge in [0.15, 0.2) is 0 Å². The Morgan fingerprint density at radius 2 is 1.88 bits per heavy atom. The van der Waals surface area contributed by atoms with E-state index in [1.54, 1.807) is 4.90 Å². The number of fused-ring (bicyclic) bond motifs is 1. The first-order valence-electron chi connectivity index (χ1n) is 12.0. The molecule has 3 fully saturated rings. The lowest BCUT2D eigenvalue weighted by atomic mass is 9.98. The highest BCUT2D eigenvalue weighted by Crippen LogP contribution is 2.28. The topological polar surface area (TPSA) is 102 Å². The lowest BCUT2D eigenvalue weighted by Gasteiger charge is -2.37. The third-order valence-electron chi connectivity index (χ3n) is 7.32. The number of nitrogens with one attached hydrogen (secondary N) is 2. The van der Waals surface area contributed by atoms with Gasteiger partial charge in [0, 0.05) is 57.8 Å². The summed E-state index contributed by atoms with van der Waals surface area (Å²) in [5.41, 5.74) is 2.70. The van der Waals surface area contributed by atoms with Crippen molar-refractivity contribution in [1.82, 2.24) is 25.3 Å². The molecule has 9 heteroatoms. The number of piperazine rings is 1. The van der Waals surface area contributed by atoms with Gasteiger partial charge in [0.25, 0.3) is 5.91 Å². The van der Waals surface area contributed by atoms with Crippen molar-refractivity contribution in [2.24, 2.45) is 5.92 Å². The summed E-state index contributed by atoms with van der Waals surface area (Å²) < 4.78 is 0. The molecular weight excluding hydrogens is 422 g/mol. The number of imide groups is 1. The van der Waals surface area contributed by atoms with E-state index in [2.05, 4.69) is 21.6 Å². The number of hydrogen-bond acceptors (Lipinski definition) is 6. The van der Waals surface area contributed by atoms with Crippen LogP contribution in [-0.2, 0) is 27.5 Å². The first kappa shape index (κ1) is 22.0. The van der Waals surface area contributed by atoms with Crippen LogP contribution in [0.4, 0.5) is 0 Å². The van der Waals surface area contributed by atoms with Gasteiger partial charge in [-0.2, -0.15) is 0 Å². The van der Waals surface area contributed by atoms with Crippen molar-refractivity contribution in [3.8, 4) is 0 Å². The molecule has 0 saturated carbocycles. The maximum Gasteiger partial charge on any atom is 0.255 e. The Balaban J connectivity index is 1.17. The van der Waals surface area contributed by atoms with Crippen LogP contribution in [0.25, 0.3) is 0 Å². The van der Waals surface area contributed by atoms with Gasteiger partial charge in [-0.15, -0.1) is 0 Å². The minimum absolute atomic E-state index is 0.117. The van der Waals surface area contributed by atoms with Crippen LogP contribution in [0.5, 0.6) is 0 Å². The summed E-state index contributed by atoms with van der Waals surface area (Å²) >= 11 is 0. The van der Waals surface area contributed by atoms with Crippen molar-refractivity contribution in [2.45, 2.75) is 44.8 Å². The maximum absolute atomic E-state index is 12.9. The second-order valence-corrected chi connectivity index (χ2v) is 9.54. The smallest absolute Gasteiger partial charge is 0.255 e. The number of carbonyl (C=O) groups is 4. The Hall–Kier alpha value is -2.78. The van der Waals surface area contributed by atoms with Gasteiger partial charge in [0.1, 0.15) is 6.04 Å². The van der Waals surface area contributed by atoms with Crippen molar-refractivity contribution in [3.63, 3.8) is 0 Å². The Morgan fingerprint density at radius 1 is 1.06 bits per heavy atom. The molecule has 3 saturated heterocycles. The number of amides is 4. The van der Waals surface area contributed by atoms with Gasteiger partial charge >= 0.3 is 0 Å². The minimum atomic E-state index is -0.587. The number of nitrogens with zero attached hydrogens (tertiary/aromatic N) is 3. The van der Waals surface area contributed by atoms with E-state index in [-0.39, 0.29) is 36.0 Å². The summed E-state index contributed by atoms with van der Waals surface area (Å²) in [6.45, 7) is 6.15. The fourth-order valence-corrected chi connectivity index (χ4v) is 5.43. The average molecular weight is 454 g/mol. The normalized spacial score (nSPS) is 26.4. The van der Waals surface area contributed by atoms with Gasteiger partial charge in [-0.3, -0.25) is 29.4 Å². The zero-order valence-electron chi connectivity index (χ0n) is 18.8. The number of carbonyl (C=O) groups excluding carboxylic acids is 4. The first-order valence-corrected chi connectivity index (χ1v) is 12.0. The number of piperidine rings is 2. The van der Waals surface area contributed by atoms with Crippen molar-refractivity contribution in [2.75, 3.05) is 39.3 Å². The molecule has 0 bridgehead atoms. The zero-order chi connectivity index (χ0) is 22.9. The third-order valence-corrected chi connectivity index (χ3v) is 7.32. The first-order chi connectivity index (χ1) is 16.0. The number of benzene rings is 1. The molecule has 0 aliphatic carbocycles. The number of hydrogen-bond donors (Lipinski definition) is 2. The van der Waals surface area contributed by atoms with Gasteiger partial charge in [0.05, 0.1) is 5.92 Å². The largest absolute Gasteiger partial charge is 0.340 e. The van der Waals surface area contributed by atoms with Gasteiger partial charge in [-0.05, 0) is 43.0 Å². The molecule has 33 heavy (non-hydrogen) atoms. The summed E-state index contributed by atoms with van der Waals surface area (Å²) in [7, 11) is 0. The molecule has 0 spiro atoms. The molecular formula is C24H31N5O4. The van der Waals surface area contributed by atoms with Gasteiger partial charge in [-0.25, -0.2) is 0 Å². The molecule has 9 nitrogen and oxygen atoms in total. The summed E-state index contributed by atoms with van der Waals surface area (Å²) in [6, 6.07) is 5.31. The van der Waals surface area contributed by atoms with Gasteiger partial charge < -0.3 is 15.1 Å². The lowest BCUT2D eigenvalue weighted by Crippen LogP contribution is -2.52. The Kier molecular flexibility index (Phi) is 6.16. The van der Waals surface area contributed by atoms with Crippen molar-refractivity contribution >= 4 is 23.6 Å². The second-order valence-electron chi connectivity index (χ2n) is 9.54. The van der Waals surface area contributed by atoms with E-state index >= 15 is 0 Å². The molecule has 176 valence electrons. The molecule has 4 aliphatic heterocycles. The van der Waals surface area contributed by atoms with E-state index < -0.39 is 6.04 Å². The average Bonchev–Trinajstić information content (AvgIpc) is 3.15. The Bertz CT molecular complexity index is 966.